The molecule has 0 spiro atoms. The van der Waals surface area contributed by atoms with Gasteiger partial charge in [-0.15, -0.1) is 0 Å². The van der Waals surface area contributed by atoms with Crippen LogP contribution in [0.1, 0.15) is 24.2 Å². The van der Waals surface area contributed by atoms with Crippen LogP contribution in [0.3, 0.4) is 0 Å². The van der Waals surface area contributed by atoms with Gasteiger partial charge in [-0.1, -0.05) is 24.7 Å². The van der Waals surface area contributed by atoms with Gasteiger partial charge in [-0.05, 0) is 36.4 Å². The summed E-state index contributed by atoms with van der Waals surface area (Å²) in [6, 6.07) is 3.49. The second kappa shape index (κ2) is 6.99. The number of amides is 1. The summed E-state index contributed by atoms with van der Waals surface area (Å²) in [5.41, 5.74) is 0.429. The first-order chi connectivity index (χ1) is 11.2. The number of anilines is 1. The fourth-order valence-corrected chi connectivity index (χ4v) is 4.17. The predicted octanol–water partition coefficient (Wildman–Crippen LogP) is 1.79. The summed E-state index contributed by atoms with van der Waals surface area (Å²) < 4.78 is 11.5. The molecule has 1 heterocycles. The van der Waals surface area contributed by atoms with Crippen molar-refractivity contribution in [3.63, 3.8) is 0 Å². The summed E-state index contributed by atoms with van der Waals surface area (Å²) in [5, 5.41) is 16.7. The minimum absolute atomic E-state index is 0.0781. The molecule has 0 aliphatic carbocycles. The van der Waals surface area contributed by atoms with E-state index in [0.717, 1.165) is 10.9 Å². The number of tetrazole rings is 1. The lowest BCUT2D eigenvalue weighted by Crippen LogP contribution is -2.41. The first-order valence-electron chi connectivity index (χ1n) is 7.67. The van der Waals surface area contributed by atoms with Crippen molar-refractivity contribution in [3.8, 4) is 11.5 Å². The predicted molar refractivity (Wildman–Crippen MR) is 93.9 cm³/mol. The molecule has 0 unspecified atom stereocenters. The van der Waals surface area contributed by atoms with Crippen LogP contribution in [0.4, 0.5) is 5.95 Å². The van der Waals surface area contributed by atoms with Gasteiger partial charge < -0.3 is 9.47 Å². The zero-order chi connectivity index (χ0) is 17.9. The fraction of sp³-hybridized carbons (Fsp3) is 0.467. The molecule has 0 saturated carbocycles. The molecule has 130 valence electrons. The summed E-state index contributed by atoms with van der Waals surface area (Å²) in [4.78, 5) is 12.7. The van der Waals surface area contributed by atoms with Gasteiger partial charge >= 0.3 is 0 Å². The molecule has 2 N–H and O–H groups in total. The van der Waals surface area contributed by atoms with Crippen molar-refractivity contribution in [3.05, 3.63) is 17.7 Å². The van der Waals surface area contributed by atoms with E-state index in [4.69, 9.17) is 9.47 Å². The Kier molecular flexibility index (Phi) is 5.22. The zero-order valence-electron chi connectivity index (χ0n) is 14.8. The van der Waals surface area contributed by atoms with E-state index in [1.54, 1.807) is 19.2 Å². The van der Waals surface area contributed by atoms with E-state index in [2.05, 4.69) is 45.6 Å². The quantitative estimate of drug-likeness (QED) is 0.771. The Labute approximate surface area is 142 Å². The number of rotatable bonds is 6. The molecule has 0 fully saturated rings. The van der Waals surface area contributed by atoms with Crippen LogP contribution in [0.5, 0.6) is 11.5 Å². The molecule has 0 atom stereocenters. The number of hydrogen-bond donors (Lipinski definition) is 2. The first-order valence-corrected chi connectivity index (χ1v) is 11.2. The summed E-state index contributed by atoms with van der Waals surface area (Å²) >= 11 is 0. The lowest BCUT2D eigenvalue weighted by molar-refractivity contribution is 0.102. The summed E-state index contributed by atoms with van der Waals surface area (Å²) in [6.07, 6.45) is -0.0781. The average molecular weight is 349 g/mol. The van der Waals surface area contributed by atoms with E-state index in [9.17, 15) is 4.79 Å². The van der Waals surface area contributed by atoms with Crippen molar-refractivity contribution >= 4 is 25.1 Å². The van der Waals surface area contributed by atoms with Gasteiger partial charge in [0.1, 0.15) is 11.5 Å². The Hall–Kier alpha value is -2.42. The number of methoxy groups -OCH3 is 1. The third-order valence-electron chi connectivity index (χ3n) is 3.26. The van der Waals surface area contributed by atoms with E-state index >= 15 is 0 Å². The SMILES string of the molecule is COc1ccc(C(=O)Nc2nnn[nH]2)c(OC(C)C)c1[Si](C)(C)C. The number of carbonyl (C=O) groups excluding carboxylic acids is 1. The molecular weight excluding hydrogens is 326 g/mol. The lowest BCUT2D eigenvalue weighted by atomic mass is 10.1. The van der Waals surface area contributed by atoms with Crippen LogP contribution in [0, 0.1) is 0 Å². The van der Waals surface area contributed by atoms with Gasteiger partial charge in [0.25, 0.3) is 5.91 Å². The monoisotopic (exact) mass is 349 g/mol. The Balaban J connectivity index is 2.55. The number of hydrogen-bond acceptors (Lipinski definition) is 6. The van der Waals surface area contributed by atoms with Crippen LogP contribution < -0.4 is 20.0 Å². The van der Waals surface area contributed by atoms with Crippen LogP contribution >= 0.6 is 0 Å². The molecule has 1 aromatic heterocycles. The number of aromatic amines is 1. The smallest absolute Gasteiger partial charge is 0.261 e. The third kappa shape index (κ3) is 3.91. The molecule has 24 heavy (non-hydrogen) atoms. The number of H-pyrrole nitrogens is 1. The molecule has 0 radical (unpaired) electrons. The van der Waals surface area contributed by atoms with Gasteiger partial charge in [-0.3, -0.25) is 10.1 Å². The lowest BCUT2D eigenvalue weighted by Gasteiger charge is -2.26. The molecule has 0 aliphatic heterocycles. The first kappa shape index (κ1) is 17.9. The number of nitrogens with zero attached hydrogens (tertiary/aromatic N) is 3. The van der Waals surface area contributed by atoms with Gasteiger partial charge in [0.05, 0.1) is 26.9 Å². The average Bonchev–Trinajstić information content (AvgIpc) is 2.97. The molecule has 0 bridgehead atoms. The Morgan fingerprint density at radius 2 is 2.00 bits per heavy atom. The molecule has 0 aliphatic rings. The number of aromatic nitrogens is 4. The molecular formula is C15H23N5O3Si. The number of nitrogens with one attached hydrogen (secondary N) is 2. The normalized spacial score (nSPS) is 11.5. The van der Waals surface area contributed by atoms with Crippen LogP contribution in [0.2, 0.25) is 19.6 Å². The van der Waals surface area contributed by atoms with Crippen molar-refractivity contribution in [1.82, 2.24) is 20.6 Å². The molecule has 2 aromatic rings. The Morgan fingerprint density at radius 3 is 2.50 bits per heavy atom. The van der Waals surface area contributed by atoms with Crippen molar-refractivity contribution in [2.45, 2.75) is 39.6 Å². The second-order valence-electron chi connectivity index (χ2n) is 6.64. The molecule has 1 aromatic carbocycles. The third-order valence-corrected chi connectivity index (χ3v) is 5.24. The minimum Gasteiger partial charge on any atom is -0.497 e. The van der Waals surface area contributed by atoms with Crippen molar-refractivity contribution < 1.29 is 14.3 Å². The van der Waals surface area contributed by atoms with E-state index in [-0.39, 0.29) is 18.0 Å². The molecule has 8 nitrogen and oxygen atoms in total. The number of ether oxygens (including phenoxy) is 2. The minimum atomic E-state index is -1.84. The van der Waals surface area contributed by atoms with E-state index in [0.29, 0.717) is 11.3 Å². The van der Waals surface area contributed by atoms with Crippen LogP contribution in [0.15, 0.2) is 12.1 Å². The summed E-state index contributed by atoms with van der Waals surface area (Å²) in [7, 11) is -0.222. The van der Waals surface area contributed by atoms with Crippen molar-refractivity contribution in [1.29, 1.82) is 0 Å². The Bertz CT molecular complexity index is 711. The maximum atomic E-state index is 12.7. The summed E-state index contributed by atoms with van der Waals surface area (Å²) in [5.74, 6) is 1.14. The maximum absolute atomic E-state index is 12.7. The number of carbonyl (C=O) groups is 1. The number of benzene rings is 1. The van der Waals surface area contributed by atoms with Gasteiger partial charge in [0, 0.05) is 5.19 Å². The van der Waals surface area contributed by atoms with Crippen LogP contribution in [-0.4, -0.2) is 47.8 Å². The van der Waals surface area contributed by atoms with E-state index < -0.39 is 8.07 Å². The van der Waals surface area contributed by atoms with Gasteiger partial charge in [-0.2, -0.15) is 0 Å². The molecule has 1 amide bonds. The maximum Gasteiger partial charge on any atom is 0.261 e. The fourth-order valence-electron chi connectivity index (χ4n) is 2.37. The van der Waals surface area contributed by atoms with Crippen molar-refractivity contribution in [2.24, 2.45) is 0 Å². The highest BCUT2D eigenvalue weighted by Crippen LogP contribution is 2.28. The topological polar surface area (TPSA) is 102 Å². The van der Waals surface area contributed by atoms with Gasteiger partial charge in [0.2, 0.25) is 5.95 Å². The van der Waals surface area contributed by atoms with Gasteiger partial charge in [-0.25, -0.2) is 5.10 Å². The van der Waals surface area contributed by atoms with E-state index in [1.807, 2.05) is 13.8 Å². The standard InChI is InChI=1S/C15H23N5O3Si/c1-9(2)23-12-10(14(21)16-15-17-19-20-18-15)7-8-11(22-3)13(12)24(4,5)6/h7-9H,1-6H3,(H2,16,17,18,19,20,21). The highest BCUT2D eigenvalue weighted by Gasteiger charge is 2.30. The van der Waals surface area contributed by atoms with Crippen LogP contribution in [0.25, 0.3) is 0 Å². The molecule has 2 rings (SSSR count). The largest absolute Gasteiger partial charge is 0.497 e. The highest BCUT2D eigenvalue weighted by molar-refractivity contribution is 6.90. The summed E-state index contributed by atoms with van der Waals surface area (Å²) in [6.45, 7) is 10.4. The second-order valence-corrected chi connectivity index (χ2v) is 11.6. The molecule has 9 heteroatoms. The zero-order valence-corrected chi connectivity index (χ0v) is 15.8. The van der Waals surface area contributed by atoms with Crippen LogP contribution in [-0.2, 0) is 0 Å². The highest BCUT2D eigenvalue weighted by atomic mass is 28.3. The van der Waals surface area contributed by atoms with Gasteiger partial charge in [0.15, 0.2) is 0 Å². The Morgan fingerprint density at radius 1 is 1.29 bits per heavy atom. The molecule has 0 saturated heterocycles. The van der Waals surface area contributed by atoms with E-state index in [1.165, 1.54) is 0 Å². The van der Waals surface area contributed by atoms with Crippen molar-refractivity contribution in [2.75, 3.05) is 12.4 Å².